The zero-order valence-corrected chi connectivity index (χ0v) is 16.5. The largest absolute Gasteiger partial charge is 0.505 e. The highest BCUT2D eigenvalue weighted by Crippen LogP contribution is 2.45. The van der Waals surface area contributed by atoms with Crippen molar-refractivity contribution in [3.63, 3.8) is 0 Å². The Hall–Kier alpha value is -2.57. The lowest BCUT2D eigenvalue weighted by Crippen LogP contribution is -2.42. The van der Waals surface area contributed by atoms with Crippen LogP contribution >= 0.6 is 0 Å². The number of halogens is 6. The van der Waals surface area contributed by atoms with Crippen LogP contribution in [0.5, 0.6) is 5.75 Å². The number of aliphatic hydroxyl groups is 1. The van der Waals surface area contributed by atoms with E-state index in [1.807, 2.05) is 0 Å². The molecule has 2 aromatic heterocycles. The number of fused-ring (bicyclic) bond motifs is 5. The van der Waals surface area contributed by atoms with Gasteiger partial charge in [0.05, 0.1) is 0 Å². The number of alkyl halides is 6. The van der Waals surface area contributed by atoms with E-state index in [0.717, 1.165) is 0 Å². The molecule has 0 amide bonds. The first-order valence-electron chi connectivity index (χ1n) is 9.37. The topological polar surface area (TPSA) is 104 Å². The van der Waals surface area contributed by atoms with Crippen LogP contribution in [0.15, 0.2) is 10.5 Å². The fourth-order valence-electron chi connectivity index (χ4n) is 3.34. The van der Waals surface area contributed by atoms with Gasteiger partial charge in [-0.1, -0.05) is 12.8 Å². The summed E-state index contributed by atoms with van der Waals surface area (Å²) in [6.07, 6.45) is -9.86. The second kappa shape index (κ2) is 7.53. The van der Waals surface area contributed by atoms with Gasteiger partial charge in [0.25, 0.3) is 11.8 Å². The number of anilines is 1. The van der Waals surface area contributed by atoms with Crippen molar-refractivity contribution in [1.82, 2.24) is 15.2 Å². The van der Waals surface area contributed by atoms with Crippen LogP contribution in [0.25, 0.3) is 11.6 Å². The Morgan fingerprint density at radius 2 is 1.68 bits per heavy atom. The van der Waals surface area contributed by atoms with Gasteiger partial charge < -0.3 is 19.9 Å². The molecule has 3 rings (SSSR count). The minimum absolute atomic E-state index is 0.0492. The van der Waals surface area contributed by atoms with Gasteiger partial charge in [0.2, 0.25) is 5.60 Å². The van der Waals surface area contributed by atoms with Gasteiger partial charge in [0.15, 0.2) is 5.69 Å². The van der Waals surface area contributed by atoms with Crippen LogP contribution in [0, 0.1) is 0 Å². The first kappa shape index (κ1) is 23.1. The van der Waals surface area contributed by atoms with Crippen molar-refractivity contribution in [3.8, 4) is 17.3 Å². The van der Waals surface area contributed by atoms with Gasteiger partial charge in [-0.05, 0) is 39.2 Å². The van der Waals surface area contributed by atoms with Crippen molar-refractivity contribution >= 4 is 5.82 Å². The molecule has 1 atom stereocenters. The lowest BCUT2D eigenvalue weighted by atomic mass is 9.92. The van der Waals surface area contributed by atoms with Crippen LogP contribution in [0.2, 0.25) is 0 Å². The Labute approximate surface area is 172 Å². The number of nitrogens with one attached hydrogen (secondary N) is 1. The van der Waals surface area contributed by atoms with E-state index in [0.29, 0.717) is 18.9 Å². The lowest BCUT2D eigenvalue weighted by Gasteiger charge is -2.30. The fraction of sp³-hybridized carbons (Fsp3) is 0.611. The van der Waals surface area contributed by atoms with Crippen molar-refractivity contribution in [2.45, 2.75) is 69.4 Å². The maximum absolute atomic E-state index is 13.6. The smallest absolute Gasteiger partial charge is 0.426 e. The van der Waals surface area contributed by atoms with Gasteiger partial charge in [-0.2, -0.15) is 26.3 Å². The van der Waals surface area contributed by atoms with E-state index < -0.39 is 64.5 Å². The number of aromatic nitrogens is 3. The molecule has 3 heterocycles. The van der Waals surface area contributed by atoms with Crippen molar-refractivity contribution in [2.75, 3.05) is 5.32 Å². The number of nitrogens with zero attached hydrogens (tertiary/aromatic N) is 3. The predicted octanol–water partition coefficient (Wildman–Crippen LogP) is 4.76. The van der Waals surface area contributed by atoms with Crippen LogP contribution in [-0.4, -0.2) is 37.1 Å². The standard InChI is InChI=1S/C18H20F6N4O3/c1-15(2)6-4-3-5-7-16(30,18(22,23)24)14-28-27-13(31-14)11-10(29)8-9(17(19,20)21)12(25-11)26-15/h8,29-30H,3-7H2,1-2H3,(H,25,26). The van der Waals surface area contributed by atoms with E-state index in [1.165, 1.54) is 0 Å². The maximum Gasteiger partial charge on any atom is 0.426 e. The van der Waals surface area contributed by atoms with E-state index in [9.17, 15) is 36.6 Å². The van der Waals surface area contributed by atoms with Gasteiger partial charge in [0.1, 0.15) is 17.1 Å². The Morgan fingerprint density at radius 1 is 1.03 bits per heavy atom. The minimum Gasteiger partial charge on any atom is -0.505 e. The molecule has 172 valence electrons. The monoisotopic (exact) mass is 454 g/mol. The molecule has 1 aliphatic heterocycles. The SMILES string of the molecule is CC1(C)CCCCCC(O)(C(F)(F)F)c2nnc(o2)-c2nc(c(C(F)(F)F)cc2O)N1. The van der Waals surface area contributed by atoms with E-state index in [1.54, 1.807) is 13.8 Å². The summed E-state index contributed by atoms with van der Waals surface area (Å²) in [5, 5.41) is 29.7. The molecule has 4 bridgehead atoms. The minimum atomic E-state index is -5.14. The molecule has 7 nitrogen and oxygen atoms in total. The molecule has 1 aliphatic rings. The number of hydrogen-bond acceptors (Lipinski definition) is 7. The highest BCUT2D eigenvalue weighted by atomic mass is 19.4. The molecule has 1 unspecified atom stereocenters. The summed E-state index contributed by atoms with van der Waals surface area (Å²) in [4.78, 5) is 3.74. The summed E-state index contributed by atoms with van der Waals surface area (Å²) in [5.41, 5.74) is -6.27. The van der Waals surface area contributed by atoms with Crippen LogP contribution in [0.4, 0.5) is 32.2 Å². The molecule has 0 aliphatic carbocycles. The molecule has 31 heavy (non-hydrogen) atoms. The number of pyridine rings is 1. The third-order valence-corrected chi connectivity index (χ3v) is 5.06. The number of hydrogen-bond donors (Lipinski definition) is 3. The zero-order chi connectivity index (χ0) is 23.2. The first-order valence-corrected chi connectivity index (χ1v) is 9.37. The molecule has 13 heteroatoms. The van der Waals surface area contributed by atoms with E-state index in [-0.39, 0.29) is 12.8 Å². The van der Waals surface area contributed by atoms with E-state index in [4.69, 9.17) is 4.42 Å². The highest BCUT2D eigenvalue weighted by molar-refractivity contribution is 5.64. The van der Waals surface area contributed by atoms with Crippen molar-refractivity contribution in [3.05, 3.63) is 17.5 Å². The molecule has 0 fully saturated rings. The highest BCUT2D eigenvalue weighted by Gasteiger charge is 2.58. The predicted molar refractivity (Wildman–Crippen MR) is 94.9 cm³/mol. The number of aromatic hydroxyl groups is 1. The number of rotatable bonds is 0. The second-order valence-corrected chi connectivity index (χ2v) is 8.09. The van der Waals surface area contributed by atoms with Gasteiger partial charge in [0, 0.05) is 5.54 Å². The van der Waals surface area contributed by atoms with Gasteiger partial charge >= 0.3 is 12.4 Å². The Balaban J connectivity index is 2.21. The molecule has 2 aromatic rings. The van der Waals surface area contributed by atoms with Gasteiger partial charge in [-0.3, -0.25) is 0 Å². The Bertz CT molecular complexity index is 957. The molecular formula is C18H20F6N4O3. The maximum atomic E-state index is 13.6. The summed E-state index contributed by atoms with van der Waals surface area (Å²) in [7, 11) is 0. The van der Waals surface area contributed by atoms with Crippen LogP contribution < -0.4 is 5.32 Å². The zero-order valence-electron chi connectivity index (χ0n) is 16.5. The average Bonchev–Trinajstić information content (AvgIpc) is 3.09. The Kier molecular flexibility index (Phi) is 5.61. The lowest BCUT2D eigenvalue weighted by molar-refractivity contribution is -0.277. The van der Waals surface area contributed by atoms with E-state index in [2.05, 4.69) is 20.5 Å². The molecule has 0 radical (unpaired) electrons. The molecule has 3 N–H and O–H groups in total. The summed E-state index contributed by atoms with van der Waals surface area (Å²) in [6, 6.07) is 0.381. The first-order chi connectivity index (χ1) is 14.1. The van der Waals surface area contributed by atoms with Gasteiger partial charge in [-0.25, -0.2) is 4.98 Å². The summed E-state index contributed by atoms with van der Waals surface area (Å²) in [6.45, 7) is 3.23. The molecular weight excluding hydrogens is 434 g/mol. The Morgan fingerprint density at radius 3 is 2.29 bits per heavy atom. The summed E-state index contributed by atoms with van der Waals surface area (Å²) in [5.74, 6) is -3.61. The third-order valence-electron chi connectivity index (χ3n) is 5.06. The van der Waals surface area contributed by atoms with Crippen molar-refractivity contribution < 1.29 is 41.0 Å². The fourth-order valence-corrected chi connectivity index (χ4v) is 3.34. The third kappa shape index (κ3) is 4.55. The van der Waals surface area contributed by atoms with Crippen LogP contribution in [0.1, 0.15) is 57.4 Å². The van der Waals surface area contributed by atoms with Gasteiger partial charge in [-0.15, -0.1) is 10.2 Å². The average molecular weight is 454 g/mol. The van der Waals surface area contributed by atoms with Crippen molar-refractivity contribution in [1.29, 1.82) is 0 Å². The van der Waals surface area contributed by atoms with E-state index >= 15 is 0 Å². The summed E-state index contributed by atoms with van der Waals surface area (Å²) < 4.78 is 86.2. The molecule has 0 saturated carbocycles. The van der Waals surface area contributed by atoms with Crippen molar-refractivity contribution in [2.24, 2.45) is 0 Å². The second-order valence-electron chi connectivity index (χ2n) is 8.09. The van der Waals surface area contributed by atoms with Crippen LogP contribution in [0.3, 0.4) is 0 Å². The molecule has 0 spiro atoms. The quantitative estimate of drug-likeness (QED) is 0.493. The normalized spacial score (nSPS) is 22.5. The molecule has 0 aromatic carbocycles. The summed E-state index contributed by atoms with van der Waals surface area (Å²) >= 11 is 0. The molecule has 0 saturated heterocycles. The van der Waals surface area contributed by atoms with Crippen LogP contribution in [-0.2, 0) is 11.8 Å².